The van der Waals surface area contributed by atoms with E-state index < -0.39 is 0 Å². The fraction of sp³-hybridized carbons (Fsp3) is 0.357. The van der Waals surface area contributed by atoms with Crippen LogP contribution in [0.3, 0.4) is 0 Å². The number of aryl methyl sites for hydroxylation is 4. The maximum atomic E-state index is 12.9. The average Bonchev–Trinajstić information content (AvgIpc) is 3.05. The Morgan fingerprint density at radius 3 is 2.95 bits per heavy atom. The van der Waals surface area contributed by atoms with Gasteiger partial charge in [-0.15, -0.1) is 11.3 Å². The standard InChI is InChI=1S/C14H14N4OS2/c1-7-6-10(16-17(7)2)18-13(19)11-8-4-3-5-9(8)21-12(11)15-14(18)20/h6H,3-5H2,1-2H3,(H,15,20). The summed E-state index contributed by atoms with van der Waals surface area (Å²) in [4.78, 5) is 18.4. The zero-order chi connectivity index (χ0) is 14.7. The van der Waals surface area contributed by atoms with Gasteiger partial charge in [-0.2, -0.15) is 5.10 Å². The van der Waals surface area contributed by atoms with Gasteiger partial charge in [0.15, 0.2) is 10.6 Å². The number of thiophene rings is 1. The fourth-order valence-corrected chi connectivity index (χ4v) is 4.56. The first-order valence-electron chi connectivity index (χ1n) is 6.87. The highest BCUT2D eigenvalue weighted by atomic mass is 32.1. The first-order valence-corrected chi connectivity index (χ1v) is 8.09. The molecule has 0 unspecified atom stereocenters. The summed E-state index contributed by atoms with van der Waals surface area (Å²) in [7, 11) is 1.86. The van der Waals surface area contributed by atoms with Crippen molar-refractivity contribution in [3.05, 3.63) is 37.3 Å². The summed E-state index contributed by atoms with van der Waals surface area (Å²) in [5.74, 6) is 0.584. The van der Waals surface area contributed by atoms with E-state index in [1.807, 2.05) is 20.0 Å². The molecule has 0 spiro atoms. The number of fused-ring (bicyclic) bond motifs is 3. The summed E-state index contributed by atoms with van der Waals surface area (Å²) >= 11 is 7.04. The number of rotatable bonds is 1. The van der Waals surface area contributed by atoms with E-state index in [1.165, 1.54) is 15.0 Å². The molecule has 0 amide bonds. The molecular formula is C14H14N4OS2. The molecule has 0 bridgehead atoms. The molecule has 0 aliphatic heterocycles. The van der Waals surface area contributed by atoms with Gasteiger partial charge < -0.3 is 4.98 Å². The van der Waals surface area contributed by atoms with E-state index in [0.717, 1.165) is 35.2 Å². The van der Waals surface area contributed by atoms with Gasteiger partial charge >= 0.3 is 0 Å². The van der Waals surface area contributed by atoms with Gasteiger partial charge in [-0.3, -0.25) is 9.48 Å². The van der Waals surface area contributed by atoms with Gasteiger partial charge in [-0.1, -0.05) is 0 Å². The van der Waals surface area contributed by atoms with Crippen LogP contribution in [0.25, 0.3) is 16.0 Å². The number of H-pyrrole nitrogens is 1. The topological polar surface area (TPSA) is 55.6 Å². The molecule has 3 heterocycles. The molecular weight excluding hydrogens is 304 g/mol. The van der Waals surface area contributed by atoms with Gasteiger partial charge in [0.05, 0.1) is 5.39 Å². The van der Waals surface area contributed by atoms with Crippen molar-refractivity contribution in [3.8, 4) is 5.82 Å². The minimum atomic E-state index is -0.0498. The van der Waals surface area contributed by atoms with Crippen LogP contribution >= 0.6 is 23.6 Å². The minimum absolute atomic E-state index is 0.0498. The third kappa shape index (κ3) is 1.77. The van der Waals surface area contributed by atoms with Crippen molar-refractivity contribution in [1.29, 1.82) is 0 Å². The first kappa shape index (κ1) is 13.0. The molecule has 5 nitrogen and oxygen atoms in total. The molecule has 3 aromatic heterocycles. The fourth-order valence-electron chi connectivity index (χ4n) is 2.93. The lowest BCUT2D eigenvalue weighted by Gasteiger charge is -2.03. The van der Waals surface area contributed by atoms with E-state index >= 15 is 0 Å². The molecule has 7 heteroatoms. The number of aromatic nitrogens is 4. The smallest absolute Gasteiger partial charge is 0.269 e. The molecule has 1 aliphatic carbocycles. The lowest BCUT2D eigenvalue weighted by atomic mass is 10.2. The van der Waals surface area contributed by atoms with E-state index in [1.54, 1.807) is 16.0 Å². The summed E-state index contributed by atoms with van der Waals surface area (Å²) in [6.07, 6.45) is 3.18. The molecule has 0 radical (unpaired) electrons. The van der Waals surface area contributed by atoms with Crippen LogP contribution in [-0.2, 0) is 19.9 Å². The van der Waals surface area contributed by atoms with Crippen LogP contribution in [0.15, 0.2) is 10.9 Å². The van der Waals surface area contributed by atoms with Crippen LogP contribution in [0.2, 0.25) is 0 Å². The quantitative estimate of drug-likeness (QED) is 0.702. The van der Waals surface area contributed by atoms with Gasteiger partial charge in [0.2, 0.25) is 0 Å². The summed E-state index contributed by atoms with van der Waals surface area (Å²) in [6.45, 7) is 1.95. The molecule has 108 valence electrons. The highest BCUT2D eigenvalue weighted by Gasteiger charge is 2.22. The molecule has 21 heavy (non-hydrogen) atoms. The lowest BCUT2D eigenvalue weighted by molar-refractivity contribution is 0.721. The highest BCUT2D eigenvalue weighted by molar-refractivity contribution is 7.71. The molecule has 3 aromatic rings. The number of nitrogens with zero attached hydrogens (tertiary/aromatic N) is 3. The molecule has 0 fully saturated rings. The van der Waals surface area contributed by atoms with Crippen LogP contribution in [0, 0.1) is 11.7 Å². The van der Waals surface area contributed by atoms with E-state index in [0.29, 0.717) is 10.6 Å². The Labute approximate surface area is 129 Å². The van der Waals surface area contributed by atoms with E-state index in [-0.39, 0.29) is 5.56 Å². The molecule has 0 saturated heterocycles. The van der Waals surface area contributed by atoms with Crippen LogP contribution in [0.1, 0.15) is 22.6 Å². The maximum absolute atomic E-state index is 12.9. The second-order valence-electron chi connectivity index (χ2n) is 5.40. The minimum Gasteiger partial charge on any atom is -0.323 e. The number of nitrogens with one attached hydrogen (secondary N) is 1. The maximum Gasteiger partial charge on any atom is 0.269 e. The van der Waals surface area contributed by atoms with E-state index in [9.17, 15) is 4.79 Å². The largest absolute Gasteiger partial charge is 0.323 e. The molecule has 4 rings (SSSR count). The van der Waals surface area contributed by atoms with Gasteiger partial charge in [-0.25, -0.2) is 4.57 Å². The zero-order valence-corrected chi connectivity index (χ0v) is 13.4. The van der Waals surface area contributed by atoms with Gasteiger partial charge in [0.1, 0.15) is 4.83 Å². The van der Waals surface area contributed by atoms with Crippen molar-refractivity contribution in [2.45, 2.75) is 26.2 Å². The Bertz CT molecular complexity index is 969. The van der Waals surface area contributed by atoms with E-state index in [2.05, 4.69) is 10.1 Å². The molecule has 0 aromatic carbocycles. The Morgan fingerprint density at radius 1 is 1.43 bits per heavy atom. The van der Waals surface area contributed by atoms with Crippen molar-refractivity contribution in [1.82, 2.24) is 19.3 Å². The summed E-state index contributed by atoms with van der Waals surface area (Å²) < 4.78 is 3.67. The van der Waals surface area contributed by atoms with Crippen molar-refractivity contribution in [3.63, 3.8) is 0 Å². The number of hydrogen-bond donors (Lipinski definition) is 1. The molecule has 0 saturated carbocycles. The van der Waals surface area contributed by atoms with Crippen molar-refractivity contribution in [2.75, 3.05) is 0 Å². The molecule has 1 N–H and O–H groups in total. The number of hydrogen-bond acceptors (Lipinski definition) is 4. The molecule has 0 atom stereocenters. The van der Waals surface area contributed by atoms with Crippen molar-refractivity contribution in [2.24, 2.45) is 7.05 Å². The summed E-state index contributed by atoms with van der Waals surface area (Å²) in [5.41, 5.74) is 2.14. The SMILES string of the molecule is Cc1cc(-n2c(=S)[nH]c3sc4c(c3c2=O)CCC4)nn1C. The predicted molar refractivity (Wildman–Crippen MR) is 86.1 cm³/mol. The second kappa shape index (κ2) is 4.38. The third-order valence-corrected chi connectivity index (χ3v) is 5.58. The Hall–Kier alpha value is -1.73. The first-order chi connectivity index (χ1) is 10.1. The van der Waals surface area contributed by atoms with Gasteiger partial charge in [-0.05, 0) is 44.0 Å². The van der Waals surface area contributed by atoms with Crippen molar-refractivity contribution < 1.29 is 0 Å². The highest BCUT2D eigenvalue weighted by Crippen LogP contribution is 2.34. The van der Waals surface area contributed by atoms with Crippen molar-refractivity contribution >= 4 is 33.8 Å². The Kier molecular flexibility index (Phi) is 2.71. The van der Waals surface area contributed by atoms with E-state index in [4.69, 9.17) is 12.2 Å². The van der Waals surface area contributed by atoms with Crippen LogP contribution in [0.5, 0.6) is 0 Å². The summed E-state index contributed by atoms with van der Waals surface area (Å²) in [5, 5.41) is 5.18. The lowest BCUT2D eigenvalue weighted by Crippen LogP contribution is -2.21. The zero-order valence-electron chi connectivity index (χ0n) is 11.8. The normalized spacial score (nSPS) is 14.0. The Morgan fingerprint density at radius 2 is 2.24 bits per heavy atom. The summed E-state index contributed by atoms with van der Waals surface area (Å²) in [6, 6.07) is 1.88. The second-order valence-corrected chi connectivity index (χ2v) is 6.89. The number of aromatic amines is 1. The van der Waals surface area contributed by atoms with Gasteiger partial charge in [0.25, 0.3) is 5.56 Å². The van der Waals surface area contributed by atoms with Crippen LogP contribution < -0.4 is 5.56 Å². The van der Waals surface area contributed by atoms with Crippen LogP contribution in [-0.4, -0.2) is 19.3 Å². The third-order valence-electron chi connectivity index (χ3n) is 4.09. The predicted octanol–water partition coefficient (Wildman–Crippen LogP) is 2.64. The monoisotopic (exact) mass is 318 g/mol. The van der Waals surface area contributed by atoms with Gasteiger partial charge in [0, 0.05) is 23.7 Å². The average molecular weight is 318 g/mol. The molecule has 1 aliphatic rings. The van der Waals surface area contributed by atoms with Crippen LogP contribution in [0.4, 0.5) is 0 Å². The Balaban J connectivity index is 2.10.